The number of amides is 1. The van der Waals surface area contributed by atoms with E-state index in [1.807, 2.05) is 0 Å². The molecule has 0 spiro atoms. The molecule has 3 rings (SSSR count). The Labute approximate surface area is 104 Å². The molecule has 2 fully saturated rings. The van der Waals surface area contributed by atoms with Crippen LogP contribution in [0.4, 0.5) is 0 Å². The van der Waals surface area contributed by atoms with Crippen LogP contribution in [0.5, 0.6) is 11.5 Å². The molecule has 3 unspecified atom stereocenters. The number of rotatable bonds is 2. The minimum absolute atomic E-state index is 0.0622. The molecule has 2 aliphatic rings. The van der Waals surface area contributed by atoms with Crippen LogP contribution < -0.4 is 5.32 Å². The van der Waals surface area contributed by atoms with E-state index in [0.29, 0.717) is 5.56 Å². The highest BCUT2D eigenvalue weighted by Crippen LogP contribution is 2.34. The van der Waals surface area contributed by atoms with E-state index < -0.39 is 0 Å². The van der Waals surface area contributed by atoms with Crippen molar-refractivity contribution in [2.45, 2.75) is 37.5 Å². The van der Waals surface area contributed by atoms with Gasteiger partial charge in [-0.2, -0.15) is 0 Å². The third-order valence-corrected chi connectivity index (χ3v) is 3.66. The van der Waals surface area contributed by atoms with Crippen LogP contribution in [-0.2, 0) is 4.74 Å². The fourth-order valence-electron chi connectivity index (χ4n) is 2.71. The number of benzene rings is 1. The van der Waals surface area contributed by atoms with Gasteiger partial charge in [0.15, 0.2) is 11.5 Å². The molecule has 0 radical (unpaired) electrons. The minimum Gasteiger partial charge on any atom is -0.504 e. The number of phenolic OH excluding ortho intramolecular Hbond substituents is 2. The van der Waals surface area contributed by atoms with Gasteiger partial charge in [-0.15, -0.1) is 0 Å². The van der Waals surface area contributed by atoms with Crippen LogP contribution in [0.3, 0.4) is 0 Å². The maximum Gasteiger partial charge on any atom is 0.251 e. The summed E-state index contributed by atoms with van der Waals surface area (Å²) in [6.07, 6.45) is 3.35. The van der Waals surface area contributed by atoms with E-state index in [1.54, 1.807) is 0 Å². The molecule has 96 valence electrons. The quantitative estimate of drug-likeness (QED) is 0.687. The highest BCUT2D eigenvalue weighted by atomic mass is 16.5. The summed E-state index contributed by atoms with van der Waals surface area (Å²) in [5.74, 6) is -0.756. The van der Waals surface area contributed by atoms with Crippen LogP contribution in [0.2, 0.25) is 0 Å². The van der Waals surface area contributed by atoms with Gasteiger partial charge in [-0.1, -0.05) is 0 Å². The zero-order valence-electron chi connectivity index (χ0n) is 9.80. The van der Waals surface area contributed by atoms with Gasteiger partial charge in [0, 0.05) is 5.56 Å². The van der Waals surface area contributed by atoms with E-state index >= 15 is 0 Å². The summed E-state index contributed by atoms with van der Waals surface area (Å²) in [4.78, 5) is 12.0. The lowest BCUT2D eigenvalue weighted by Crippen LogP contribution is -2.41. The van der Waals surface area contributed by atoms with Gasteiger partial charge in [0.1, 0.15) is 0 Å². The van der Waals surface area contributed by atoms with Crippen molar-refractivity contribution in [2.75, 3.05) is 0 Å². The van der Waals surface area contributed by atoms with Gasteiger partial charge < -0.3 is 20.3 Å². The Kier molecular flexibility index (Phi) is 2.63. The molecule has 5 nitrogen and oxygen atoms in total. The molecule has 5 heteroatoms. The summed E-state index contributed by atoms with van der Waals surface area (Å²) in [5.41, 5.74) is 0.341. The Morgan fingerprint density at radius 3 is 2.72 bits per heavy atom. The lowest BCUT2D eigenvalue weighted by atomic mass is 9.95. The molecule has 1 aromatic rings. The van der Waals surface area contributed by atoms with Crippen LogP contribution >= 0.6 is 0 Å². The molecule has 3 N–H and O–H groups in total. The van der Waals surface area contributed by atoms with Crippen molar-refractivity contribution in [1.29, 1.82) is 0 Å². The van der Waals surface area contributed by atoms with Crippen LogP contribution in [0.15, 0.2) is 18.2 Å². The number of hydrogen-bond donors (Lipinski definition) is 3. The normalized spacial score (nSPS) is 29.4. The Hall–Kier alpha value is -1.75. The Morgan fingerprint density at radius 1 is 1.28 bits per heavy atom. The first-order valence-corrected chi connectivity index (χ1v) is 6.12. The van der Waals surface area contributed by atoms with Crippen molar-refractivity contribution >= 4 is 5.91 Å². The van der Waals surface area contributed by atoms with Crippen molar-refractivity contribution in [3.63, 3.8) is 0 Å². The zero-order valence-corrected chi connectivity index (χ0v) is 9.80. The highest BCUT2D eigenvalue weighted by Gasteiger charge is 2.41. The molecular weight excluding hydrogens is 234 g/mol. The van der Waals surface area contributed by atoms with Crippen LogP contribution in [0, 0.1) is 0 Å². The first-order chi connectivity index (χ1) is 8.63. The van der Waals surface area contributed by atoms with E-state index in [0.717, 1.165) is 19.3 Å². The molecule has 2 saturated heterocycles. The van der Waals surface area contributed by atoms with Crippen molar-refractivity contribution in [2.24, 2.45) is 0 Å². The van der Waals surface area contributed by atoms with E-state index in [9.17, 15) is 15.0 Å². The Balaban J connectivity index is 1.69. The second-order valence-electron chi connectivity index (χ2n) is 4.89. The summed E-state index contributed by atoms with van der Waals surface area (Å²) in [6, 6.07) is 4.12. The van der Waals surface area contributed by atoms with E-state index in [4.69, 9.17) is 4.74 Å². The number of ether oxygens (including phenoxy) is 1. The monoisotopic (exact) mass is 249 g/mol. The van der Waals surface area contributed by atoms with Gasteiger partial charge in [-0.05, 0) is 37.5 Å². The van der Waals surface area contributed by atoms with Crippen molar-refractivity contribution in [1.82, 2.24) is 5.32 Å². The van der Waals surface area contributed by atoms with Crippen LogP contribution in [-0.4, -0.2) is 34.4 Å². The molecule has 1 amide bonds. The molecule has 0 aromatic heterocycles. The first kappa shape index (κ1) is 11.3. The third kappa shape index (κ3) is 1.90. The fraction of sp³-hybridized carbons (Fsp3) is 0.462. The van der Waals surface area contributed by atoms with Crippen molar-refractivity contribution in [3.8, 4) is 11.5 Å². The summed E-state index contributed by atoms with van der Waals surface area (Å²) in [7, 11) is 0. The second kappa shape index (κ2) is 4.17. The number of hydrogen-bond acceptors (Lipinski definition) is 4. The SMILES string of the molecule is O=C(NC1CC2CCC1O2)c1ccc(O)c(O)c1. The predicted octanol–water partition coefficient (Wildman–Crippen LogP) is 1.15. The molecule has 2 heterocycles. The van der Waals surface area contributed by atoms with Gasteiger partial charge in [-0.3, -0.25) is 4.79 Å². The fourth-order valence-corrected chi connectivity index (χ4v) is 2.71. The summed E-state index contributed by atoms with van der Waals surface area (Å²) in [6.45, 7) is 0. The van der Waals surface area contributed by atoms with Gasteiger partial charge in [0.05, 0.1) is 18.2 Å². The van der Waals surface area contributed by atoms with E-state index in [2.05, 4.69) is 5.32 Å². The molecule has 2 bridgehead atoms. The number of phenols is 2. The number of fused-ring (bicyclic) bond motifs is 2. The topological polar surface area (TPSA) is 78.8 Å². The standard InChI is InChI=1S/C13H15NO4/c15-10-3-1-7(5-11(10)16)13(17)14-9-6-8-2-4-12(9)18-8/h1,3,5,8-9,12,15-16H,2,4,6H2,(H,14,17). The molecule has 0 saturated carbocycles. The van der Waals surface area contributed by atoms with Gasteiger partial charge >= 0.3 is 0 Å². The lowest BCUT2D eigenvalue weighted by molar-refractivity contribution is 0.0840. The molecule has 1 aromatic carbocycles. The highest BCUT2D eigenvalue weighted by molar-refractivity contribution is 5.95. The number of carbonyl (C=O) groups is 1. The van der Waals surface area contributed by atoms with Gasteiger partial charge in [0.25, 0.3) is 5.91 Å². The Morgan fingerprint density at radius 2 is 2.11 bits per heavy atom. The maximum atomic E-state index is 12.0. The van der Waals surface area contributed by atoms with Crippen molar-refractivity contribution < 1.29 is 19.7 Å². The molecule has 18 heavy (non-hydrogen) atoms. The van der Waals surface area contributed by atoms with Crippen LogP contribution in [0.1, 0.15) is 29.6 Å². The Bertz CT molecular complexity index is 488. The van der Waals surface area contributed by atoms with E-state index in [1.165, 1.54) is 18.2 Å². The zero-order chi connectivity index (χ0) is 12.7. The number of carbonyl (C=O) groups excluding carboxylic acids is 1. The molecule has 3 atom stereocenters. The third-order valence-electron chi connectivity index (χ3n) is 3.66. The first-order valence-electron chi connectivity index (χ1n) is 6.12. The van der Waals surface area contributed by atoms with Crippen molar-refractivity contribution in [3.05, 3.63) is 23.8 Å². The molecular formula is C13H15NO4. The average Bonchev–Trinajstić information content (AvgIpc) is 2.94. The summed E-state index contributed by atoms with van der Waals surface area (Å²) in [5, 5.41) is 21.5. The summed E-state index contributed by atoms with van der Waals surface area (Å²) < 4.78 is 5.66. The van der Waals surface area contributed by atoms with Gasteiger partial charge in [-0.25, -0.2) is 0 Å². The molecule has 0 aliphatic carbocycles. The number of nitrogens with one attached hydrogen (secondary N) is 1. The van der Waals surface area contributed by atoms with E-state index in [-0.39, 0.29) is 35.7 Å². The minimum atomic E-state index is -0.285. The second-order valence-corrected chi connectivity index (χ2v) is 4.89. The predicted molar refractivity (Wildman–Crippen MR) is 63.5 cm³/mol. The molecule has 2 aliphatic heterocycles. The largest absolute Gasteiger partial charge is 0.504 e. The lowest BCUT2D eigenvalue weighted by Gasteiger charge is -2.20. The average molecular weight is 249 g/mol. The maximum absolute atomic E-state index is 12.0. The smallest absolute Gasteiger partial charge is 0.251 e. The van der Waals surface area contributed by atoms with Crippen LogP contribution in [0.25, 0.3) is 0 Å². The summed E-state index contributed by atoms with van der Waals surface area (Å²) >= 11 is 0. The number of aromatic hydroxyl groups is 2. The van der Waals surface area contributed by atoms with Gasteiger partial charge in [0.2, 0.25) is 0 Å².